The summed E-state index contributed by atoms with van der Waals surface area (Å²) in [4.78, 5) is 0. The van der Waals surface area contributed by atoms with E-state index in [1.807, 2.05) is 0 Å². The van der Waals surface area contributed by atoms with E-state index in [0.29, 0.717) is 6.61 Å². The normalized spacial score (nSPS) is 21.9. The van der Waals surface area contributed by atoms with Crippen molar-refractivity contribution in [1.82, 2.24) is 5.32 Å². The molecule has 1 atom stereocenters. The molecule has 4 nitrogen and oxygen atoms in total. The highest BCUT2D eigenvalue weighted by Gasteiger charge is 2.26. The molecule has 0 bridgehead atoms. The minimum Gasteiger partial charge on any atom is -0.382 e. The van der Waals surface area contributed by atoms with Gasteiger partial charge in [0.2, 0.25) is 0 Å². The SMILES string of the molecule is COCC(CNCC1(N)CCCCC1)OC. The zero-order valence-electron chi connectivity index (χ0n) is 10.6. The summed E-state index contributed by atoms with van der Waals surface area (Å²) in [6.07, 6.45) is 6.28. The van der Waals surface area contributed by atoms with Crippen molar-refractivity contribution in [3.05, 3.63) is 0 Å². The summed E-state index contributed by atoms with van der Waals surface area (Å²) in [6.45, 7) is 2.32. The van der Waals surface area contributed by atoms with E-state index in [4.69, 9.17) is 15.2 Å². The zero-order valence-corrected chi connectivity index (χ0v) is 10.6. The monoisotopic (exact) mass is 230 g/mol. The van der Waals surface area contributed by atoms with Crippen molar-refractivity contribution in [1.29, 1.82) is 0 Å². The molecule has 1 rings (SSSR count). The molecule has 3 N–H and O–H groups in total. The average Bonchev–Trinajstić information content (AvgIpc) is 2.29. The van der Waals surface area contributed by atoms with Crippen molar-refractivity contribution < 1.29 is 9.47 Å². The number of methoxy groups -OCH3 is 2. The molecule has 0 radical (unpaired) electrons. The minimum atomic E-state index is 0.00358. The molecule has 96 valence electrons. The van der Waals surface area contributed by atoms with Crippen molar-refractivity contribution in [3.8, 4) is 0 Å². The summed E-state index contributed by atoms with van der Waals surface area (Å²) >= 11 is 0. The van der Waals surface area contributed by atoms with Crippen LogP contribution >= 0.6 is 0 Å². The van der Waals surface area contributed by atoms with Gasteiger partial charge in [-0.2, -0.15) is 0 Å². The van der Waals surface area contributed by atoms with E-state index in [1.54, 1.807) is 14.2 Å². The Morgan fingerprint density at radius 2 is 1.94 bits per heavy atom. The second-order valence-electron chi connectivity index (χ2n) is 4.87. The van der Waals surface area contributed by atoms with Crippen LogP contribution < -0.4 is 11.1 Å². The molecule has 0 aromatic heterocycles. The van der Waals surface area contributed by atoms with Gasteiger partial charge in [0.25, 0.3) is 0 Å². The van der Waals surface area contributed by atoms with E-state index in [1.165, 1.54) is 19.3 Å². The molecule has 0 spiro atoms. The summed E-state index contributed by atoms with van der Waals surface area (Å²) in [5.41, 5.74) is 6.33. The lowest BCUT2D eigenvalue weighted by Gasteiger charge is -2.34. The summed E-state index contributed by atoms with van der Waals surface area (Å²) < 4.78 is 10.4. The van der Waals surface area contributed by atoms with Crippen molar-refractivity contribution >= 4 is 0 Å². The first kappa shape index (κ1) is 13.9. The first-order valence-corrected chi connectivity index (χ1v) is 6.21. The van der Waals surface area contributed by atoms with Crippen LogP contribution in [0.25, 0.3) is 0 Å². The van der Waals surface area contributed by atoms with Crippen LogP contribution in [0, 0.1) is 0 Å². The average molecular weight is 230 g/mol. The largest absolute Gasteiger partial charge is 0.382 e. The molecule has 0 saturated heterocycles. The van der Waals surface area contributed by atoms with Crippen molar-refractivity contribution in [2.24, 2.45) is 5.73 Å². The summed E-state index contributed by atoms with van der Waals surface area (Å²) in [6, 6.07) is 0. The van der Waals surface area contributed by atoms with Gasteiger partial charge in [0, 0.05) is 32.8 Å². The molecule has 0 aromatic rings. The number of ether oxygens (including phenoxy) is 2. The second-order valence-corrected chi connectivity index (χ2v) is 4.87. The van der Waals surface area contributed by atoms with Crippen LogP contribution in [0.4, 0.5) is 0 Å². The Hall–Kier alpha value is -0.160. The number of hydrogen-bond donors (Lipinski definition) is 2. The molecule has 1 aliphatic rings. The molecule has 16 heavy (non-hydrogen) atoms. The Morgan fingerprint density at radius 3 is 2.50 bits per heavy atom. The fourth-order valence-corrected chi connectivity index (χ4v) is 2.31. The van der Waals surface area contributed by atoms with Gasteiger partial charge >= 0.3 is 0 Å². The Labute approximate surface area is 98.9 Å². The van der Waals surface area contributed by atoms with E-state index in [0.717, 1.165) is 25.9 Å². The van der Waals surface area contributed by atoms with Crippen LogP contribution in [0.15, 0.2) is 0 Å². The quantitative estimate of drug-likeness (QED) is 0.682. The van der Waals surface area contributed by atoms with Gasteiger partial charge in [0.05, 0.1) is 12.7 Å². The van der Waals surface area contributed by atoms with Gasteiger partial charge in [-0.3, -0.25) is 0 Å². The van der Waals surface area contributed by atoms with Gasteiger partial charge in [-0.15, -0.1) is 0 Å². The molecule has 0 amide bonds. The van der Waals surface area contributed by atoms with Gasteiger partial charge < -0.3 is 20.5 Å². The Morgan fingerprint density at radius 1 is 1.25 bits per heavy atom. The summed E-state index contributed by atoms with van der Waals surface area (Å²) in [5, 5.41) is 3.40. The number of hydrogen-bond acceptors (Lipinski definition) is 4. The molecular formula is C12H26N2O2. The first-order chi connectivity index (χ1) is 7.70. The predicted molar refractivity (Wildman–Crippen MR) is 65.5 cm³/mol. The van der Waals surface area contributed by atoms with E-state index in [9.17, 15) is 0 Å². The van der Waals surface area contributed by atoms with Gasteiger partial charge in [0.15, 0.2) is 0 Å². The standard InChI is InChI=1S/C12H26N2O2/c1-15-9-11(16-2)8-14-10-12(13)6-4-3-5-7-12/h11,14H,3-10,13H2,1-2H3. The lowest BCUT2D eigenvalue weighted by atomic mass is 9.82. The first-order valence-electron chi connectivity index (χ1n) is 6.21. The molecule has 1 saturated carbocycles. The van der Waals surface area contributed by atoms with Crippen LogP contribution in [0.5, 0.6) is 0 Å². The van der Waals surface area contributed by atoms with Crippen LogP contribution in [-0.2, 0) is 9.47 Å². The third-order valence-corrected chi connectivity index (χ3v) is 3.38. The predicted octanol–water partition coefficient (Wildman–Crippen LogP) is 0.899. The maximum Gasteiger partial charge on any atom is 0.0928 e. The second kappa shape index (κ2) is 7.22. The van der Waals surface area contributed by atoms with Crippen LogP contribution in [0.2, 0.25) is 0 Å². The van der Waals surface area contributed by atoms with E-state index in [-0.39, 0.29) is 11.6 Å². The molecule has 0 aromatic carbocycles. The highest BCUT2D eigenvalue weighted by molar-refractivity contribution is 4.89. The number of rotatable bonds is 7. The fourth-order valence-electron chi connectivity index (χ4n) is 2.31. The van der Waals surface area contributed by atoms with Crippen LogP contribution in [-0.4, -0.2) is 45.6 Å². The van der Waals surface area contributed by atoms with Crippen LogP contribution in [0.1, 0.15) is 32.1 Å². The van der Waals surface area contributed by atoms with Crippen molar-refractivity contribution in [2.45, 2.75) is 43.7 Å². The van der Waals surface area contributed by atoms with Crippen molar-refractivity contribution in [2.75, 3.05) is 33.9 Å². The Kier molecular flexibility index (Phi) is 6.28. The smallest absolute Gasteiger partial charge is 0.0928 e. The third kappa shape index (κ3) is 4.78. The summed E-state index contributed by atoms with van der Waals surface area (Å²) in [7, 11) is 3.40. The van der Waals surface area contributed by atoms with Gasteiger partial charge in [-0.25, -0.2) is 0 Å². The lowest BCUT2D eigenvalue weighted by molar-refractivity contribution is 0.0279. The topological polar surface area (TPSA) is 56.5 Å². The lowest BCUT2D eigenvalue weighted by Crippen LogP contribution is -2.51. The maximum absolute atomic E-state index is 6.33. The van der Waals surface area contributed by atoms with Gasteiger partial charge in [0.1, 0.15) is 0 Å². The van der Waals surface area contributed by atoms with Crippen molar-refractivity contribution in [3.63, 3.8) is 0 Å². The van der Waals surface area contributed by atoms with E-state index >= 15 is 0 Å². The minimum absolute atomic E-state index is 0.00358. The highest BCUT2D eigenvalue weighted by atomic mass is 16.5. The van der Waals surface area contributed by atoms with Gasteiger partial charge in [-0.05, 0) is 12.8 Å². The Balaban J connectivity index is 2.17. The van der Waals surface area contributed by atoms with E-state index < -0.39 is 0 Å². The Bertz CT molecular complexity index is 182. The van der Waals surface area contributed by atoms with Gasteiger partial charge in [-0.1, -0.05) is 19.3 Å². The molecule has 0 aliphatic heterocycles. The third-order valence-electron chi connectivity index (χ3n) is 3.38. The van der Waals surface area contributed by atoms with E-state index in [2.05, 4.69) is 5.32 Å². The molecule has 1 fully saturated rings. The maximum atomic E-state index is 6.33. The van der Waals surface area contributed by atoms with Crippen LogP contribution in [0.3, 0.4) is 0 Å². The zero-order chi connectivity index (χ0) is 11.9. The summed E-state index contributed by atoms with van der Waals surface area (Å²) in [5.74, 6) is 0. The highest BCUT2D eigenvalue weighted by Crippen LogP contribution is 2.24. The molecule has 1 aliphatic carbocycles. The number of nitrogens with two attached hydrogens (primary N) is 1. The number of nitrogens with one attached hydrogen (secondary N) is 1. The molecular weight excluding hydrogens is 204 g/mol. The molecule has 0 heterocycles. The molecule has 1 unspecified atom stereocenters. The molecule has 4 heteroatoms. The fraction of sp³-hybridized carbons (Fsp3) is 1.00.